The van der Waals surface area contributed by atoms with Gasteiger partial charge in [0.15, 0.2) is 0 Å². The number of nitrogen functional groups attached to an aromatic ring is 2. The third-order valence-corrected chi connectivity index (χ3v) is 6.35. The van der Waals surface area contributed by atoms with Crippen LogP contribution in [-0.4, -0.2) is 37.4 Å². The van der Waals surface area contributed by atoms with Gasteiger partial charge in [-0.25, -0.2) is 9.59 Å². The normalized spacial score (nSPS) is 18.6. The van der Waals surface area contributed by atoms with E-state index in [1.165, 1.54) is 6.08 Å². The third-order valence-electron chi connectivity index (χ3n) is 6.35. The summed E-state index contributed by atoms with van der Waals surface area (Å²) in [4.78, 5) is 24.7. The molecule has 0 spiro atoms. The highest BCUT2D eigenvalue weighted by Crippen LogP contribution is 2.25. The second kappa shape index (κ2) is 13.7. The van der Waals surface area contributed by atoms with E-state index in [9.17, 15) is 9.59 Å². The van der Waals surface area contributed by atoms with Crippen molar-refractivity contribution in [3.05, 3.63) is 65.2 Å². The molecular weight excluding hydrogens is 456 g/mol. The molecule has 1 unspecified atom stereocenters. The van der Waals surface area contributed by atoms with Crippen molar-refractivity contribution in [1.29, 1.82) is 0 Å². The van der Waals surface area contributed by atoms with Crippen LogP contribution in [0.4, 0.5) is 11.4 Å². The number of unbranched alkanes of at least 4 members (excludes halogenated alkanes) is 1. The van der Waals surface area contributed by atoms with E-state index in [2.05, 4.69) is 6.92 Å². The van der Waals surface area contributed by atoms with Gasteiger partial charge in [0.1, 0.15) is 6.10 Å². The molecule has 0 saturated heterocycles. The van der Waals surface area contributed by atoms with Gasteiger partial charge in [-0.3, -0.25) is 0 Å². The second-order valence-corrected chi connectivity index (χ2v) is 9.45. The number of anilines is 2. The summed E-state index contributed by atoms with van der Waals surface area (Å²) < 4.78 is 16.9. The monoisotopic (exact) mass is 494 g/mol. The van der Waals surface area contributed by atoms with Crippen LogP contribution in [0, 0.1) is 0 Å². The third kappa shape index (κ3) is 8.72. The Morgan fingerprint density at radius 1 is 1.00 bits per heavy atom. The summed E-state index contributed by atoms with van der Waals surface area (Å²) >= 11 is 0. The van der Waals surface area contributed by atoms with Gasteiger partial charge in [-0.2, -0.15) is 0 Å². The largest absolute Gasteiger partial charge is 0.462 e. The van der Waals surface area contributed by atoms with Crippen LogP contribution in [0.25, 0.3) is 6.08 Å². The fourth-order valence-electron chi connectivity index (χ4n) is 4.16. The fourth-order valence-corrected chi connectivity index (χ4v) is 4.16. The van der Waals surface area contributed by atoms with Gasteiger partial charge in [0.2, 0.25) is 0 Å². The molecule has 36 heavy (non-hydrogen) atoms. The van der Waals surface area contributed by atoms with Gasteiger partial charge in [0.25, 0.3) is 0 Å². The van der Waals surface area contributed by atoms with Gasteiger partial charge >= 0.3 is 11.9 Å². The first-order valence-electron chi connectivity index (χ1n) is 12.8. The molecule has 0 aliphatic heterocycles. The Bertz CT molecular complexity index is 1010. The fraction of sp³-hybridized carbons (Fsp3) is 0.448. The number of carbonyl (C=O) groups excluding carboxylic acids is 2. The van der Waals surface area contributed by atoms with E-state index in [1.54, 1.807) is 36.4 Å². The van der Waals surface area contributed by atoms with Crippen molar-refractivity contribution >= 4 is 29.4 Å². The Labute approximate surface area is 213 Å². The molecule has 1 fully saturated rings. The van der Waals surface area contributed by atoms with Crippen LogP contribution < -0.4 is 11.5 Å². The van der Waals surface area contributed by atoms with Gasteiger partial charge in [-0.05, 0) is 79.6 Å². The number of carbonyl (C=O) groups is 2. The summed E-state index contributed by atoms with van der Waals surface area (Å²) in [5.41, 5.74) is 15.0. The minimum Gasteiger partial charge on any atom is -0.462 e. The van der Waals surface area contributed by atoms with Gasteiger partial charge in [-0.15, -0.1) is 0 Å². The van der Waals surface area contributed by atoms with Crippen LogP contribution in [-0.2, 0) is 19.0 Å². The van der Waals surface area contributed by atoms with Crippen molar-refractivity contribution in [3.63, 3.8) is 0 Å². The zero-order chi connectivity index (χ0) is 25.9. The zero-order valence-corrected chi connectivity index (χ0v) is 21.3. The summed E-state index contributed by atoms with van der Waals surface area (Å²) in [5, 5.41) is 0. The van der Waals surface area contributed by atoms with Crippen molar-refractivity contribution in [1.82, 2.24) is 0 Å². The summed E-state index contributed by atoms with van der Waals surface area (Å²) in [6.07, 6.45) is 8.96. The zero-order valence-electron chi connectivity index (χ0n) is 21.3. The molecule has 1 saturated carbocycles. The lowest BCUT2D eigenvalue weighted by Gasteiger charge is -2.28. The van der Waals surface area contributed by atoms with Crippen molar-refractivity contribution in [2.75, 3.05) is 24.7 Å². The minimum absolute atomic E-state index is 0.0397. The highest BCUT2D eigenvalue weighted by atomic mass is 16.5. The summed E-state index contributed by atoms with van der Waals surface area (Å²) in [6.45, 7) is 5.11. The molecule has 0 heterocycles. The Hall–Kier alpha value is -3.32. The maximum atomic E-state index is 12.5. The number of ether oxygens (including phenoxy) is 3. The van der Waals surface area contributed by atoms with E-state index in [0.29, 0.717) is 16.9 Å². The second-order valence-electron chi connectivity index (χ2n) is 9.45. The average Bonchev–Trinajstić information content (AvgIpc) is 2.87. The van der Waals surface area contributed by atoms with Crippen LogP contribution in [0.5, 0.6) is 0 Å². The summed E-state index contributed by atoms with van der Waals surface area (Å²) in [5.74, 6) is -0.810. The Morgan fingerprint density at radius 3 is 2.28 bits per heavy atom. The summed E-state index contributed by atoms with van der Waals surface area (Å²) in [7, 11) is 0. The van der Waals surface area contributed by atoms with Gasteiger partial charge in [-0.1, -0.05) is 32.4 Å². The van der Waals surface area contributed by atoms with E-state index in [0.717, 1.165) is 56.3 Å². The molecule has 1 aliphatic rings. The predicted molar refractivity (Wildman–Crippen MR) is 142 cm³/mol. The highest BCUT2D eigenvalue weighted by molar-refractivity contribution is 5.90. The molecule has 1 atom stereocenters. The maximum absolute atomic E-state index is 12.5. The van der Waals surface area contributed by atoms with E-state index in [1.807, 2.05) is 19.1 Å². The SMILES string of the molecule is CCCCOC1CCC(OC(=O)c2ccc(C=CC(=O)OCC(C)c3cc(N)cc(N)c3)cc2)CC1. The Kier molecular flexibility index (Phi) is 10.4. The van der Waals surface area contributed by atoms with Gasteiger partial charge < -0.3 is 25.7 Å². The molecule has 194 valence electrons. The van der Waals surface area contributed by atoms with Crippen LogP contribution in [0.1, 0.15) is 79.8 Å². The molecule has 0 aromatic heterocycles. The van der Waals surface area contributed by atoms with Crippen molar-refractivity contribution in [2.45, 2.75) is 70.5 Å². The smallest absolute Gasteiger partial charge is 0.338 e. The Balaban J connectivity index is 1.41. The molecule has 7 nitrogen and oxygen atoms in total. The quantitative estimate of drug-likeness (QED) is 0.184. The van der Waals surface area contributed by atoms with Crippen LogP contribution in [0.15, 0.2) is 48.5 Å². The van der Waals surface area contributed by atoms with Gasteiger partial charge in [0, 0.05) is 30.0 Å². The van der Waals surface area contributed by atoms with E-state index >= 15 is 0 Å². The van der Waals surface area contributed by atoms with E-state index < -0.39 is 5.97 Å². The molecular formula is C29H38N2O5. The number of hydrogen-bond acceptors (Lipinski definition) is 7. The Morgan fingerprint density at radius 2 is 1.64 bits per heavy atom. The van der Waals surface area contributed by atoms with Gasteiger partial charge in [0.05, 0.1) is 18.3 Å². The predicted octanol–water partition coefficient (Wildman–Crippen LogP) is 5.50. The van der Waals surface area contributed by atoms with Crippen molar-refractivity contribution < 1.29 is 23.8 Å². The standard InChI is InChI=1S/C29H38N2O5/c1-3-4-15-34-26-10-12-27(13-11-26)36-29(33)22-8-5-21(6-9-22)7-14-28(32)35-19-20(2)23-16-24(30)18-25(31)17-23/h5-9,14,16-18,20,26-27H,3-4,10-13,15,19,30-31H2,1-2H3. The van der Waals surface area contributed by atoms with Crippen LogP contribution in [0.3, 0.4) is 0 Å². The molecule has 2 aromatic carbocycles. The first kappa shape index (κ1) is 27.3. The van der Waals surface area contributed by atoms with Crippen molar-refractivity contribution in [3.8, 4) is 0 Å². The molecule has 7 heteroatoms. The lowest BCUT2D eigenvalue weighted by molar-refractivity contribution is -0.138. The van der Waals surface area contributed by atoms with E-state index in [-0.39, 0.29) is 30.7 Å². The topological polar surface area (TPSA) is 114 Å². The number of benzene rings is 2. The number of esters is 2. The molecule has 4 N–H and O–H groups in total. The highest BCUT2D eigenvalue weighted by Gasteiger charge is 2.24. The van der Waals surface area contributed by atoms with Crippen LogP contribution in [0.2, 0.25) is 0 Å². The number of rotatable bonds is 11. The lowest BCUT2D eigenvalue weighted by atomic mass is 9.95. The van der Waals surface area contributed by atoms with Crippen LogP contribution >= 0.6 is 0 Å². The molecule has 3 rings (SSSR count). The van der Waals surface area contributed by atoms with E-state index in [4.69, 9.17) is 25.7 Å². The number of nitrogens with two attached hydrogens (primary N) is 2. The first-order chi connectivity index (χ1) is 17.3. The molecule has 2 aromatic rings. The average molecular weight is 495 g/mol. The maximum Gasteiger partial charge on any atom is 0.338 e. The lowest BCUT2D eigenvalue weighted by Crippen LogP contribution is -2.28. The molecule has 1 aliphatic carbocycles. The minimum atomic E-state index is -0.448. The molecule has 0 amide bonds. The first-order valence-corrected chi connectivity index (χ1v) is 12.8. The van der Waals surface area contributed by atoms with Crippen molar-refractivity contribution in [2.24, 2.45) is 0 Å². The number of hydrogen-bond donors (Lipinski definition) is 2. The summed E-state index contributed by atoms with van der Waals surface area (Å²) in [6, 6.07) is 12.3. The molecule has 0 radical (unpaired) electrons. The molecule has 0 bridgehead atoms.